The molecule has 0 unspecified atom stereocenters. The highest BCUT2D eigenvalue weighted by Crippen LogP contribution is 2.40. The minimum atomic E-state index is -0.728. The first kappa shape index (κ1) is 16.5. The summed E-state index contributed by atoms with van der Waals surface area (Å²) in [5.41, 5.74) is -0.719. The fourth-order valence-electron chi connectivity index (χ4n) is 3.00. The molecule has 1 aromatic heterocycles. The van der Waals surface area contributed by atoms with Crippen molar-refractivity contribution in [3.8, 4) is 17.2 Å². The lowest BCUT2D eigenvalue weighted by atomic mass is 9.94. The minimum Gasteiger partial charge on any atom is -0.507 e. The van der Waals surface area contributed by atoms with Crippen LogP contribution >= 0.6 is 0 Å². The Morgan fingerprint density at radius 1 is 0.960 bits per heavy atom. The average molecular weight is 342 g/mol. The first-order chi connectivity index (χ1) is 11.6. The van der Waals surface area contributed by atoms with Crippen molar-refractivity contribution in [3.05, 3.63) is 39.0 Å². The Kier molecular flexibility index (Phi) is 3.52. The summed E-state index contributed by atoms with van der Waals surface area (Å²) < 4.78 is 5.53. The van der Waals surface area contributed by atoms with Crippen LogP contribution < -0.4 is 5.43 Å². The molecule has 0 bridgehead atoms. The van der Waals surface area contributed by atoms with Gasteiger partial charge in [-0.1, -0.05) is 0 Å². The Balaban J connectivity index is 2.71. The molecule has 3 aromatic rings. The summed E-state index contributed by atoms with van der Waals surface area (Å²) in [6, 6.07) is 2.11. The van der Waals surface area contributed by atoms with Gasteiger partial charge in [0.05, 0.1) is 10.9 Å². The molecule has 0 saturated carbocycles. The SMILES string of the molecule is CC(=O)c1cc2c(=O)c3c(O)cc(O)c(O)c3oc2c(C(C)=O)c1C. The quantitative estimate of drug-likeness (QED) is 0.283. The van der Waals surface area contributed by atoms with Crippen LogP contribution in [0.1, 0.15) is 40.1 Å². The third-order valence-corrected chi connectivity index (χ3v) is 4.16. The Hall–Kier alpha value is -3.35. The molecule has 7 nitrogen and oxygen atoms in total. The van der Waals surface area contributed by atoms with Crippen molar-refractivity contribution >= 4 is 33.5 Å². The van der Waals surface area contributed by atoms with Gasteiger partial charge in [-0.25, -0.2) is 0 Å². The van der Waals surface area contributed by atoms with Gasteiger partial charge in [0.1, 0.15) is 16.7 Å². The molecule has 0 aliphatic carbocycles. The number of fused-ring (bicyclic) bond motifs is 2. The van der Waals surface area contributed by atoms with Crippen LogP contribution in [0, 0.1) is 6.92 Å². The van der Waals surface area contributed by atoms with Gasteiger partial charge in [0.25, 0.3) is 0 Å². The Bertz CT molecular complexity index is 1150. The molecule has 0 spiro atoms. The molecule has 128 valence electrons. The fraction of sp³-hybridized carbons (Fsp3) is 0.167. The normalized spacial score (nSPS) is 11.2. The summed E-state index contributed by atoms with van der Waals surface area (Å²) in [7, 11) is 0. The van der Waals surface area contributed by atoms with Gasteiger partial charge in [0.2, 0.25) is 11.2 Å². The van der Waals surface area contributed by atoms with E-state index < -0.39 is 34.0 Å². The summed E-state index contributed by atoms with van der Waals surface area (Å²) in [5, 5.41) is 29.1. The van der Waals surface area contributed by atoms with Crippen LogP contribution in [0.2, 0.25) is 0 Å². The number of benzene rings is 2. The highest BCUT2D eigenvalue weighted by molar-refractivity contribution is 6.12. The predicted molar refractivity (Wildman–Crippen MR) is 89.7 cm³/mol. The van der Waals surface area contributed by atoms with Crippen molar-refractivity contribution in [3.63, 3.8) is 0 Å². The lowest BCUT2D eigenvalue weighted by Crippen LogP contribution is -2.10. The maximum absolute atomic E-state index is 12.8. The second kappa shape index (κ2) is 5.34. The van der Waals surface area contributed by atoms with Crippen molar-refractivity contribution in [2.75, 3.05) is 0 Å². The Morgan fingerprint density at radius 3 is 2.16 bits per heavy atom. The van der Waals surface area contributed by atoms with Gasteiger partial charge in [0.15, 0.2) is 22.9 Å². The summed E-state index contributed by atoms with van der Waals surface area (Å²) >= 11 is 0. The van der Waals surface area contributed by atoms with Gasteiger partial charge in [-0.05, 0) is 32.4 Å². The largest absolute Gasteiger partial charge is 0.507 e. The highest BCUT2D eigenvalue weighted by atomic mass is 16.4. The molecule has 3 N–H and O–H groups in total. The van der Waals surface area contributed by atoms with Crippen LogP contribution in [0.4, 0.5) is 0 Å². The molecule has 0 radical (unpaired) electrons. The first-order valence-electron chi connectivity index (χ1n) is 7.35. The lowest BCUT2D eigenvalue weighted by molar-refractivity contribution is 0.101. The number of phenols is 3. The van der Waals surface area contributed by atoms with Crippen molar-refractivity contribution in [1.29, 1.82) is 0 Å². The van der Waals surface area contributed by atoms with Gasteiger partial charge in [0, 0.05) is 11.6 Å². The zero-order valence-corrected chi connectivity index (χ0v) is 13.6. The number of aromatic hydroxyl groups is 3. The molecule has 0 atom stereocenters. The van der Waals surface area contributed by atoms with Crippen molar-refractivity contribution in [2.24, 2.45) is 0 Å². The van der Waals surface area contributed by atoms with E-state index in [0.717, 1.165) is 6.07 Å². The molecule has 3 rings (SSSR count). The van der Waals surface area contributed by atoms with E-state index in [1.165, 1.54) is 19.9 Å². The lowest BCUT2D eigenvalue weighted by Gasteiger charge is -2.12. The number of carbonyl (C=O) groups is 2. The third-order valence-electron chi connectivity index (χ3n) is 4.16. The second-order valence-electron chi connectivity index (χ2n) is 5.81. The monoisotopic (exact) mass is 342 g/mol. The van der Waals surface area contributed by atoms with Crippen molar-refractivity contribution < 1.29 is 29.3 Å². The summed E-state index contributed by atoms with van der Waals surface area (Å²) in [4.78, 5) is 36.7. The van der Waals surface area contributed by atoms with E-state index in [1.807, 2.05) is 0 Å². The standard InChI is InChI=1S/C18H14O7/c1-6-9(7(2)19)4-10-15(23)14-11(21)5-12(22)16(24)18(14)25-17(10)13(6)8(3)20/h4-5,21-22,24H,1-3H3. The first-order valence-corrected chi connectivity index (χ1v) is 7.35. The average Bonchev–Trinajstić information content (AvgIpc) is 2.51. The summed E-state index contributed by atoms with van der Waals surface area (Å²) in [5.74, 6) is -2.75. The Labute approximate surface area is 140 Å². The van der Waals surface area contributed by atoms with E-state index in [9.17, 15) is 29.7 Å². The molecule has 2 aromatic carbocycles. The van der Waals surface area contributed by atoms with E-state index in [1.54, 1.807) is 6.92 Å². The van der Waals surface area contributed by atoms with E-state index >= 15 is 0 Å². The van der Waals surface area contributed by atoms with Gasteiger partial charge in [-0.2, -0.15) is 0 Å². The second-order valence-corrected chi connectivity index (χ2v) is 5.81. The molecule has 7 heteroatoms. The summed E-state index contributed by atoms with van der Waals surface area (Å²) in [6.07, 6.45) is 0. The van der Waals surface area contributed by atoms with Gasteiger partial charge < -0.3 is 19.7 Å². The van der Waals surface area contributed by atoms with Crippen molar-refractivity contribution in [1.82, 2.24) is 0 Å². The molecule has 0 fully saturated rings. The van der Waals surface area contributed by atoms with Crippen LogP contribution in [0.25, 0.3) is 21.9 Å². The number of hydrogen-bond donors (Lipinski definition) is 3. The number of ketones is 2. The molecule has 1 heterocycles. The summed E-state index contributed by atoms with van der Waals surface area (Å²) in [6.45, 7) is 4.12. The van der Waals surface area contributed by atoms with Crippen LogP contribution in [-0.2, 0) is 0 Å². The number of carbonyl (C=O) groups excluding carboxylic acids is 2. The van der Waals surface area contributed by atoms with E-state index in [4.69, 9.17) is 4.42 Å². The molecule has 0 aliphatic heterocycles. The van der Waals surface area contributed by atoms with E-state index in [2.05, 4.69) is 0 Å². The zero-order chi connectivity index (χ0) is 18.6. The molecule has 0 saturated heterocycles. The van der Waals surface area contributed by atoms with Crippen LogP contribution in [0.15, 0.2) is 21.3 Å². The molecular weight excluding hydrogens is 328 g/mol. The predicted octanol–water partition coefficient (Wildman–Crippen LogP) is 2.78. The van der Waals surface area contributed by atoms with Gasteiger partial charge in [-0.3, -0.25) is 14.4 Å². The van der Waals surface area contributed by atoms with Crippen LogP contribution in [0.3, 0.4) is 0 Å². The van der Waals surface area contributed by atoms with Crippen molar-refractivity contribution in [2.45, 2.75) is 20.8 Å². The fourth-order valence-corrected chi connectivity index (χ4v) is 3.00. The zero-order valence-electron chi connectivity index (χ0n) is 13.6. The van der Waals surface area contributed by atoms with E-state index in [-0.39, 0.29) is 33.3 Å². The van der Waals surface area contributed by atoms with Gasteiger partial charge >= 0.3 is 0 Å². The maximum atomic E-state index is 12.8. The number of Topliss-reactive ketones (excluding diaryl/α,β-unsaturated/α-hetero) is 2. The Morgan fingerprint density at radius 2 is 1.60 bits per heavy atom. The number of hydrogen-bond acceptors (Lipinski definition) is 7. The smallest absolute Gasteiger partial charge is 0.204 e. The molecule has 0 aliphatic rings. The highest BCUT2D eigenvalue weighted by Gasteiger charge is 2.24. The molecular formula is C18H14O7. The van der Waals surface area contributed by atoms with Crippen LogP contribution in [-0.4, -0.2) is 26.9 Å². The van der Waals surface area contributed by atoms with Crippen LogP contribution in [0.5, 0.6) is 17.2 Å². The molecule has 25 heavy (non-hydrogen) atoms. The minimum absolute atomic E-state index is 0.0314. The number of rotatable bonds is 2. The van der Waals surface area contributed by atoms with E-state index in [0.29, 0.717) is 5.56 Å². The molecule has 0 amide bonds. The van der Waals surface area contributed by atoms with Gasteiger partial charge in [-0.15, -0.1) is 0 Å². The third kappa shape index (κ3) is 2.24. The topological polar surface area (TPSA) is 125 Å². The maximum Gasteiger partial charge on any atom is 0.204 e. The number of phenolic OH excluding ortho intramolecular Hbond substituents is 3.